The number of nitrogens with zero attached hydrogens (tertiary/aromatic N) is 5. The van der Waals surface area contributed by atoms with Crippen molar-refractivity contribution >= 4 is 11.8 Å². The Kier molecular flexibility index (Phi) is 4.66. The lowest BCUT2D eigenvalue weighted by molar-refractivity contribution is -0.135. The van der Waals surface area contributed by atoms with Gasteiger partial charge in [0, 0.05) is 32.2 Å². The van der Waals surface area contributed by atoms with Crippen LogP contribution in [0, 0.1) is 0 Å². The van der Waals surface area contributed by atoms with Gasteiger partial charge in [0.25, 0.3) is 5.91 Å². The fourth-order valence-electron chi connectivity index (χ4n) is 3.61. The van der Waals surface area contributed by atoms with E-state index in [4.69, 9.17) is 0 Å². The Morgan fingerprint density at radius 2 is 2.04 bits per heavy atom. The van der Waals surface area contributed by atoms with Crippen LogP contribution < -0.4 is 5.32 Å². The maximum Gasteiger partial charge on any atom is 0.276 e. The Bertz CT molecular complexity index is 790. The highest BCUT2D eigenvalue weighted by Gasteiger charge is 2.32. The van der Waals surface area contributed by atoms with Crippen LogP contribution in [-0.4, -0.2) is 75.4 Å². The van der Waals surface area contributed by atoms with E-state index < -0.39 is 0 Å². The average Bonchev–Trinajstić information content (AvgIpc) is 3.19. The first kappa shape index (κ1) is 16.7. The van der Waals surface area contributed by atoms with Gasteiger partial charge in [0.1, 0.15) is 0 Å². The number of carbonyl (C=O) groups excluding carboxylic acids is 2. The number of amides is 2. The number of para-hydroxylation sites is 1. The Morgan fingerprint density at radius 1 is 1.19 bits per heavy atom. The maximum absolute atomic E-state index is 12.8. The third-order valence-corrected chi connectivity index (χ3v) is 4.95. The molecule has 2 saturated heterocycles. The molecule has 2 amide bonds. The van der Waals surface area contributed by atoms with Crippen molar-refractivity contribution in [3.05, 3.63) is 42.2 Å². The van der Waals surface area contributed by atoms with Crippen molar-refractivity contribution in [1.82, 2.24) is 30.1 Å². The van der Waals surface area contributed by atoms with Gasteiger partial charge in [-0.05, 0) is 25.0 Å². The van der Waals surface area contributed by atoms with Gasteiger partial charge in [0.2, 0.25) is 5.91 Å². The average molecular weight is 354 g/mol. The summed E-state index contributed by atoms with van der Waals surface area (Å²) in [5.74, 6) is -0.00923. The summed E-state index contributed by atoms with van der Waals surface area (Å²) in [6.07, 6.45) is 3.33. The molecule has 0 spiro atoms. The zero-order valence-electron chi connectivity index (χ0n) is 14.5. The maximum atomic E-state index is 12.8. The van der Waals surface area contributed by atoms with Crippen LogP contribution in [0.2, 0.25) is 0 Å². The second-order valence-electron chi connectivity index (χ2n) is 6.67. The molecule has 4 rings (SSSR count). The van der Waals surface area contributed by atoms with E-state index in [0.29, 0.717) is 31.9 Å². The van der Waals surface area contributed by atoms with E-state index >= 15 is 0 Å². The number of nitrogens with one attached hydrogen (secondary N) is 1. The van der Waals surface area contributed by atoms with Crippen LogP contribution in [0.3, 0.4) is 0 Å². The van der Waals surface area contributed by atoms with Crippen LogP contribution in [0.15, 0.2) is 36.5 Å². The van der Waals surface area contributed by atoms with Crippen molar-refractivity contribution in [3.8, 4) is 5.69 Å². The lowest BCUT2D eigenvalue weighted by Gasteiger charge is -2.40. The topological polar surface area (TPSA) is 83.4 Å². The van der Waals surface area contributed by atoms with E-state index in [9.17, 15) is 9.59 Å². The summed E-state index contributed by atoms with van der Waals surface area (Å²) < 4.78 is 0. The van der Waals surface area contributed by atoms with Gasteiger partial charge in [-0.25, -0.2) is 0 Å². The first-order valence-electron chi connectivity index (χ1n) is 8.99. The van der Waals surface area contributed by atoms with Crippen molar-refractivity contribution < 1.29 is 9.59 Å². The minimum absolute atomic E-state index is 0.0893. The second-order valence-corrected chi connectivity index (χ2v) is 6.67. The van der Waals surface area contributed by atoms with Gasteiger partial charge < -0.3 is 15.1 Å². The number of benzene rings is 1. The molecule has 0 bridgehead atoms. The van der Waals surface area contributed by atoms with Gasteiger partial charge in [0.05, 0.1) is 18.4 Å². The summed E-state index contributed by atoms with van der Waals surface area (Å²) in [4.78, 5) is 30.2. The molecule has 3 heterocycles. The summed E-state index contributed by atoms with van der Waals surface area (Å²) in [6, 6.07) is 9.60. The monoisotopic (exact) mass is 354 g/mol. The van der Waals surface area contributed by atoms with Crippen LogP contribution in [0.5, 0.6) is 0 Å². The van der Waals surface area contributed by atoms with Gasteiger partial charge in [-0.1, -0.05) is 18.2 Å². The summed E-state index contributed by atoms with van der Waals surface area (Å²) >= 11 is 0. The number of piperazine rings is 1. The lowest BCUT2D eigenvalue weighted by Crippen LogP contribution is -2.57. The normalized spacial score (nSPS) is 21.1. The number of hydrogen-bond donors (Lipinski definition) is 1. The molecule has 2 fully saturated rings. The van der Waals surface area contributed by atoms with Gasteiger partial charge in [-0.3, -0.25) is 9.59 Å². The molecule has 2 aliphatic rings. The van der Waals surface area contributed by atoms with Crippen molar-refractivity contribution in [1.29, 1.82) is 0 Å². The Morgan fingerprint density at radius 3 is 2.85 bits per heavy atom. The fraction of sp³-hybridized carbons (Fsp3) is 0.444. The van der Waals surface area contributed by atoms with Crippen molar-refractivity contribution in [2.24, 2.45) is 0 Å². The number of rotatable bonds is 3. The van der Waals surface area contributed by atoms with E-state index in [1.807, 2.05) is 35.2 Å². The minimum atomic E-state index is -0.125. The molecule has 0 aliphatic carbocycles. The molecule has 2 aliphatic heterocycles. The molecule has 1 aromatic heterocycles. The number of likely N-dealkylation sites (tertiary alicyclic amines) is 1. The summed E-state index contributed by atoms with van der Waals surface area (Å²) in [7, 11) is 0. The molecule has 8 heteroatoms. The van der Waals surface area contributed by atoms with Crippen molar-refractivity contribution in [3.63, 3.8) is 0 Å². The summed E-state index contributed by atoms with van der Waals surface area (Å²) in [6.45, 7) is 3.14. The first-order valence-corrected chi connectivity index (χ1v) is 8.99. The summed E-state index contributed by atoms with van der Waals surface area (Å²) in [5, 5.41) is 11.6. The third kappa shape index (κ3) is 3.32. The van der Waals surface area contributed by atoms with E-state index in [-0.39, 0.29) is 17.9 Å². The molecule has 0 saturated carbocycles. The van der Waals surface area contributed by atoms with Gasteiger partial charge in [-0.15, -0.1) is 5.10 Å². The number of aromatic nitrogens is 3. The van der Waals surface area contributed by atoms with Gasteiger partial charge in [-0.2, -0.15) is 9.90 Å². The zero-order chi connectivity index (χ0) is 17.9. The minimum Gasteiger partial charge on any atom is -0.336 e. The molecule has 1 N–H and O–H groups in total. The largest absolute Gasteiger partial charge is 0.336 e. The standard InChI is InChI=1S/C18H22N6O2/c25-17-12-19-8-10-23(17)15-7-4-9-22(13-15)18(26)16-11-20-24(21-16)14-5-2-1-3-6-14/h1-3,5-6,11,15,19H,4,7-10,12-13H2. The number of carbonyl (C=O) groups is 2. The van der Waals surface area contributed by atoms with Crippen LogP contribution in [0.4, 0.5) is 0 Å². The SMILES string of the molecule is O=C(c1cnn(-c2ccccc2)n1)N1CCCC(N2CCNCC2=O)C1. The molecule has 1 atom stereocenters. The third-order valence-electron chi connectivity index (χ3n) is 4.95. The number of hydrogen-bond acceptors (Lipinski definition) is 5. The van der Waals surface area contributed by atoms with Crippen LogP contribution in [0.1, 0.15) is 23.3 Å². The Balaban J connectivity index is 1.46. The quantitative estimate of drug-likeness (QED) is 0.857. The lowest BCUT2D eigenvalue weighted by atomic mass is 10.0. The zero-order valence-corrected chi connectivity index (χ0v) is 14.5. The molecule has 26 heavy (non-hydrogen) atoms. The van der Waals surface area contributed by atoms with Crippen LogP contribution in [-0.2, 0) is 4.79 Å². The predicted molar refractivity (Wildman–Crippen MR) is 94.9 cm³/mol. The molecular formula is C18H22N6O2. The molecule has 1 aromatic carbocycles. The molecule has 1 unspecified atom stereocenters. The van der Waals surface area contributed by atoms with E-state index in [0.717, 1.165) is 25.1 Å². The van der Waals surface area contributed by atoms with E-state index in [1.165, 1.54) is 11.0 Å². The van der Waals surface area contributed by atoms with Crippen LogP contribution >= 0.6 is 0 Å². The predicted octanol–water partition coefficient (Wildman–Crippen LogP) is 0.304. The molecule has 0 radical (unpaired) electrons. The number of piperidine rings is 1. The summed E-state index contributed by atoms with van der Waals surface area (Å²) in [5.41, 5.74) is 1.15. The first-order chi connectivity index (χ1) is 12.7. The highest BCUT2D eigenvalue weighted by atomic mass is 16.2. The smallest absolute Gasteiger partial charge is 0.276 e. The Labute approximate surface area is 151 Å². The molecule has 8 nitrogen and oxygen atoms in total. The van der Waals surface area contributed by atoms with Crippen molar-refractivity contribution in [2.45, 2.75) is 18.9 Å². The van der Waals surface area contributed by atoms with Gasteiger partial charge in [0.15, 0.2) is 5.69 Å². The van der Waals surface area contributed by atoms with Gasteiger partial charge >= 0.3 is 0 Å². The second kappa shape index (κ2) is 7.25. The molecule has 2 aromatic rings. The van der Waals surface area contributed by atoms with Crippen LogP contribution in [0.25, 0.3) is 5.69 Å². The highest BCUT2D eigenvalue weighted by molar-refractivity contribution is 5.92. The molecular weight excluding hydrogens is 332 g/mol. The Hall–Kier alpha value is -2.74. The van der Waals surface area contributed by atoms with E-state index in [2.05, 4.69) is 15.5 Å². The highest BCUT2D eigenvalue weighted by Crippen LogP contribution is 2.18. The van der Waals surface area contributed by atoms with E-state index in [1.54, 1.807) is 4.90 Å². The van der Waals surface area contributed by atoms with Crippen molar-refractivity contribution in [2.75, 3.05) is 32.7 Å². The molecule has 136 valence electrons. The fourth-order valence-corrected chi connectivity index (χ4v) is 3.61.